The van der Waals surface area contributed by atoms with Crippen LogP contribution < -0.4 is 10.1 Å². The minimum atomic E-state index is -0.201. The number of nitrogens with one attached hydrogen (secondary N) is 1. The topological polar surface area (TPSA) is 90.1 Å². The number of amides is 1. The van der Waals surface area contributed by atoms with Crippen LogP contribution in [-0.4, -0.2) is 28.1 Å². The fourth-order valence-corrected chi connectivity index (χ4v) is 2.68. The van der Waals surface area contributed by atoms with Crippen LogP contribution in [0.3, 0.4) is 0 Å². The quantitative estimate of drug-likeness (QED) is 0.568. The number of ether oxygens (including phenoxy) is 1. The summed E-state index contributed by atoms with van der Waals surface area (Å²) in [6.07, 6.45) is 3.15. The fourth-order valence-electron chi connectivity index (χ4n) is 2.68. The molecule has 4 aromatic rings. The molecular formula is C21H16N4O3. The number of methoxy groups -OCH3 is 1. The average Bonchev–Trinajstić information content (AvgIpc) is 3.25. The molecule has 7 nitrogen and oxygen atoms in total. The summed E-state index contributed by atoms with van der Waals surface area (Å²) in [5, 5.41) is 6.88. The van der Waals surface area contributed by atoms with Crippen molar-refractivity contribution in [2.75, 3.05) is 12.4 Å². The molecule has 0 unspecified atom stereocenters. The second kappa shape index (κ2) is 7.71. The van der Waals surface area contributed by atoms with Gasteiger partial charge in [0.2, 0.25) is 5.82 Å². The number of anilines is 1. The van der Waals surface area contributed by atoms with Crippen molar-refractivity contribution in [3.05, 3.63) is 78.6 Å². The van der Waals surface area contributed by atoms with Gasteiger partial charge in [0.1, 0.15) is 5.75 Å². The first-order valence-corrected chi connectivity index (χ1v) is 8.53. The lowest BCUT2D eigenvalue weighted by Gasteiger charge is -2.05. The van der Waals surface area contributed by atoms with E-state index in [1.165, 1.54) is 0 Å². The first kappa shape index (κ1) is 17.4. The summed E-state index contributed by atoms with van der Waals surface area (Å²) >= 11 is 0. The number of carbonyl (C=O) groups is 1. The molecule has 2 aromatic heterocycles. The van der Waals surface area contributed by atoms with Gasteiger partial charge < -0.3 is 14.6 Å². The highest BCUT2D eigenvalue weighted by molar-refractivity contribution is 6.04. The van der Waals surface area contributed by atoms with Gasteiger partial charge in [-0.15, -0.1) is 0 Å². The van der Waals surface area contributed by atoms with Crippen molar-refractivity contribution in [2.24, 2.45) is 0 Å². The normalized spacial score (nSPS) is 10.5. The van der Waals surface area contributed by atoms with Crippen molar-refractivity contribution in [2.45, 2.75) is 0 Å². The van der Waals surface area contributed by atoms with E-state index in [9.17, 15) is 4.79 Å². The molecule has 0 aliphatic carbocycles. The summed E-state index contributed by atoms with van der Waals surface area (Å²) in [6.45, 7) is 0. The number of hydrogen-bond donors (Lipinski definition) is 1. The third-order valence-electron chi connectivity index (χ3n) is 4.11. The standard InChI is InChI=1S/C21H16N4O3/c1-27-18-5-3-2-4-17(18)21-24-19(25-28-21)14-6-8-16(9-7-14)23-20(26)15-10-12-22-13-11-15/h2-13H,1H3,(H,23,26). The number of aromatic nitrogens is 3. The van der Waals surface area contributed by atoms with Gasteiger partial charge in [-0.1, -0.05) is 17.3 Å². The highest BCUT2D eigenvalue weighted by atomic mass is 16.5. The predicted octanol–water partition coefficient (Wildman–Crippen LogP) is 4.06. The van der Waals surface area contributed by atoms with E-state index in [0.717, 1.165) is 11.1 Å². The minimum Gasteiger partial charge on any atom is -0.496 e. The Kier molecular flexibility index (Phi) is 4.79. The first-order chi connectivity index (χ1) is 13.7. The molecule has 28 heavy (non-hydrogen) atoms. The summed E-state index contributed by atoms with van der Waals surface area (Å²) in [4.78, 5) is 20.5. The van der Waals surface area contributed by atoms with E-state index >= 15 is 0 Å². The Bertz CT molecular complexity index is 1090. The Balaban J connectivity index is 1.52. The Hall–Kier alpha value is -4.00. The number of benzene rings is 2. The fraction of sp³-hybridized carbons (Fsp3) is 0.0476. The molecule has 7 heteroatoms. The first-order valence-electron chi connectivity index (χ1n) is 8.53. The summed E-state index contributed by atoms with van der Waals surface area (Å²) in [7, 11) is 1.59. The molecule has 0 saturated carbocycles. The molecule has 4 rings (SSSR count). The van der Waals surface area contributed by atoms with E-state index in [0.29, 0.717) is 28.7 Å². The lowest BCUT2D eigenvalue weighted by atomic mass is 10.1. The third-order valence-corrected chi connectivity index (χ3v) is 4.11. The smallest absolute Gasteiger partial charge is 0.262 e. The van der Waals surface area contributed by atoms with Crippen LogP contribution >= 0.6 is 0 Å². The van der Waals surface area contributed by atoms with Gasteiger partial charge in [-0.25, -0.2) is 0 Å². The largest absolute Gasteiger partial charge is 0.496 e. The number of carbonyl (C=O) groups excluding carboxylic acids is 1. The zero-order chi connectivity index (χ0) is 19.3. The predicted molar refractivity (Wildman–Crippen MR) is 104 cm³/mol. The number of hydrogen-bond acceptors (Lipinski definition) is 6. The van der Waals surface area contributed by atoms with Crippen molar-refractivity contribution in [1.82, 2.24) is 15.1 Å². The second-order valence-electron chi connectivity index (χ2n) is 5.89. The minimum absolute atomic E-state index is 0.201. The van der Waals surface area contributed by atoms with Crippen molar-refractivity contribution in [3.8, 4) is 28.6 Å². The lowest BCUT2D eigenvalue weighted by Crippen LogP contribution is -2.11. The van der Waals surface area contributed by atoms with Crippen LogP contribution in [0, 0.1) is 0 Å². The molecule has 0 aliphatic rings. The highest BCUT2D eigenvalue weighted by Gasteiger charge is 2.14. The maximum atomic E-state index is 12.2. The Morgan fingerprint density at radius 2 is 1.75 bits per heavy atom. The van der Waals surface area contributed by atoms with Crippen LogP contribution in [0.5, 0.6) is 5.75 Å². The molecule has 0 spiro atoms. The molecule has 0 bridgehead atoms. The number of rotatable bonds is 5. The van der Waals surface area contributed by atoms with Crippen LogP contribution in [-0.2, 0) is 0 Å². The maximum Gasteiger partial charge on any atom is 0.262 e. The van der Waals surface area contributed by atoms with Crippen molar-refractivity contribution in [3.63, 3.8) is 0 Å². The zero-order valence-corrected chi connectivity index (χ0v) is 15.0. The van der Waals surface area contributed by atoms with E-state index in [4.69, 9.17) is 9.26 Å². The molecule has 2 aromatic carbocycles. The maximum absolute atomic E-state index is 12.2. The van der Waals surface area contributed by atoms with Gasteiger partial charge in [0.05, 0.1) is 12.7 Å². The summed E-state index contributed by atoms with van der Waals surface area (Å²) in [5.74, 6) is 1.29. The molecule has 0 fully saturated rings. The number of nitrogens with zero attached hydrogens (tertiary/aromatic N) is 3. The molecule has 138 valence electrons. The van der Waals surface area contributed by atoms with Gasteiger partial charge in [-0.05, 0) is 48.5 Å². The summed E-state index contributed by atoms with van der Waals surface area (Å²) < 4.78 is 10.7. The van der Waals surface area contributed by atoms with Crippen molar-refractivity contribution < 1.29 is 14.1 Å². The van der Waals surface area contributed by atoms with Crippen molar-refractivity contribution >= 4 is 11.6 Å². The van der Waals surface area contributed by atoms with E-state index in [2.05, 4.69) is 20.4 Å². The molecule has 0 aliphatic heterocycles. The third kappa shape index (κ3) is 3.59. The van der Waals surface area contributed by atoms with Gasteiger partial charge in [0.15, 0.2) is 0 Å². The zero-order valence-electron chi connectivity index (χ0n) is 15.0. The monoisotopic (exact) mass is 372 g/mol. The Labute approximate surface area is 161 Å². The summed E-state index contributed by atoms with van der Waals surface area (Å²) in [6, 6.07) is 18.0. The van der Waals surface area contributed by atoms with Crippen LogP contribution in [0.15, 0.2) is 77.6 Å². The van der Waals surface area contributed by atoms with E-state index in [1.807, 2.05) is 36.4 Å². The van der Waals surface area contributed by atoms with Crippen molar-refractivity contribution in [1.29, 1.82) is 0 Å². The average molecular weight is 372 g/mol. The van der Waals surface area contributed by atoms with Gasteiger partial charge in [0, 0.05) is 29.2 Å². The highest BCUT2D eigenvalue weighted by Crippen LogP contribution is 2.30. The van der Waals surface area contributed by atoms with Gasteiger partial charge in [-0.2, -0.15) is 4.98 Å². The summed E-state index contributed by atoms with van der Waals surface area (Å²) in [5.41, 5.74) is 2.70. The van der Waals surface area contributed by atoms with Crippen LogP contribution in [0.4, 0.5) is 5.69 Å². The Morgan fingerprint density at radius 1 is 1.00 bits per heavy atom. The van der Waals surface area contributed by atoms with E-state index in [-0.39, 0.29) is 5.91 Å². The molecule has 2 heterocycles. The molecule has 0 radical (unpaired) electrons. The number of pyridine rings is 1. The van der Waals surface area contributed by atoms with Gasteiger partial charge >= 0.3 is 0 Å². The molecule has 1 amide bonds. The molecule has 1 N–H and O–H groups in total. The number of para-hydroxylation sites is 1. The van der Waals surface area contributed by atoms with Crippen LogP contribution in [0.25, 0.3) is 22.8 Å². The molecule has 0 saturated heterocycles. The molecule has 0 atom stereocenters. The van der Waals surface area contributed by atoms with E-state index in [1.54, 1.807) is 43.8 Å². The van der Waals surface area contributed by atoms with Crippen LogP contribution in [0.2, 0.25) is 0 Å². The second-order valence-corrected chi connectivity index (χ2v) is 5.89. The van der Waals surface area contributed by atoms with Gasteiger partial charge in [-0.3, -0.25) is 9.78 Å². The van der Waals surface area contributed by atoms with Gasteiger partial charge in [0.25, 0.3) is 11.8 Å². The van der Waals surface area contributed by atoms with Crippen LogP contribution in [0.1, 0.15) is 10.4 Å². The SMILES string of the molecule is COc1ccccc1-c1nc(-c2ccc(NC(=O)c3ccncc3)cc2)no1. The Morgan fingerprint density at radius 3 is 2.50 bits per heavy atom. The lowest BCUT2D eigenvalue weighted by molar-refractivity contribution is 0.102. The van der Waals surface area contributed by atoms with E-state index < -0.39 is 0 Å². The molecular weight excluding hydrogens is 356 g/mol.